The van der Waals surface area contributed by atoms with Gasteiger partial charge in [-0.25, -0.2) is 0 Å². The molecule has 1 saturated carbocycles. The first-order valence-electron chi connectivity index (χ1n) is 5.19. The molecule has 2 rings (SSSR count). The van der Waals surface area contributed by atoms with E-state index in [1.165, 1.54) is 12.0 Å². The zero-order chi connectivity index (χ0) is 10.9. The zero-order valence-corrected chi connectivity index (χ0v) is 10.8. The molecule has 15 heavy (non-hydrogen) atoms. The van der Waals surface area contributed by atoms with Gasteiger partial charge < -0.3 is 5.11 Å². The molecular weight excluding hydrogens is 275 g/mol. The lowest BCUT2D eigenvalue weighted by Crippen LogP contribution is -2.46. The van der Waals surface area contributed by atoms with Crippen molar-refractivity contribution in [3.05, 3.63) is 34.9 Å². The van der Waals surface area contributed by atoms with Crippen molar-refractivity contribution in [2.24, 2.45) is 0 Å². The minimum atomic E-state index is -0.299. The second-order valence-corrected chi connectivity index (χ2v) is 5.27. The van der Waals surface area contributed by atoms with Gasteiger partial charge in [0.05, 0.1) is 6.10 Å². The quantitative estimate of drug-likeness (QED) is 0.844. The van der Waals surface area contributed by atoms with Crippen LogP contribution in [0.25, 0.3) is 0 Å². The number of aliphatic hydroxyl groups excluding tert-OH is 1. The standard InChI is InChI=1S/C12H14BrClO/c13-8-11(15)12(6-1-7-12)9-2-4-10(14)5-3-9/h2-5,11,15H,1,6-8H2. The molecule has 0 radical (unpaired) electrons. The predicted molar refractivity (Wildman–Crippen MR) is 66.8 cm³/mol. The number of rotatable bonds is 3. The third kappa shape index (κ3) is 1.95. The number of halogens is 2. The van der Waals surface area contributed by atoms with Gasteiger partial charge in [0, 0.05) is 15.8 Å². The fraction of sp³-hybridized carbons (Fsp3) is 0.500. The first kappa shape index (κ1) is 11.4. The Morgan fingerprint density at radius 2 is 1.93 bits per heavy atom. The Bertz CT molecular complexity index is 332. The molecule has 1 aliphatic carbocycles. The van der Waals surface area contributed by atoms with E-state index in [1.807, 2.05) is 24.3 Å². The van der Waals surface area contributed by atoms with Crippen LogP contribution in [0.2, 0.25) is 5.02 Å². The average Bonchev–Trinajstić information content (AvgIpc) is 2.19. The van der Waals surface area contributed by atoms with Crippen molar-refractivity contribution in [1.29, 1.82) is 0 Å². The first-order valence-corrected chi connectivity index (χ1v) is 6.69. The molecule has 1 aliphatic rings. The maximum absolute atomic E-state index is 10.1. The minimum Gasteiger partial charge on any atom is -0.391 e. The summed E-state index contributed by atoms with van der Waals surface area (Å²) in [6, 6.07) is 7.87. The molecule has 1 aromatic carbocycles. The van der Waals surface area contributed by atoms with Crippen LogP contribution in [0.5, 0.6) is 0 Å². The molecule has 0 aliphatic heterocycles. The zero-order valence-electron chi connectivity index (χ0n) is 8.42. The molecule has 1 aromatic rings. The lowest BCUT2D eigenvalue weighted by atomic mass is 9.61. The Labute approximate surface area is 104 Å². The monoisotopic (exact) mass is 288 g/mol. The number of hydrogen-bond acceptors (Lipinski definition) is 1. The van der Waals surface area contributed by atoms with Gasteiger partial charge in [0.15, 0.2) is 0 Å². The molecule has 0 amide bonds. The van der Waals surface area contributed by atoms with Crippen molar-refractivity contribution in [3.63, 3.8) is 0 Å². The van der Waals surface area contributed by atoms with E-state index in [0.29, 0.717) is 5.33 Å². The molecule has 1 fully saturated rings. The Morgan fingerprint density at radius 3 is 2.33 bits per heavy atom. The Hall–Kier alpha value is -0.0500. The van der Waals surface area contributed by atoms with E-state index in [9.17, 15) is 5.11 Å². The van der Waals surface area contributed by atoms with Crippen LogP contribution >= 0.6 is 27.5 Å². The smallest absolute Gasteiger partial charge is 0.0733 e. The Morgan fingerprint density at radius 1 is 1.33 bits per heavy atom. The topological polar surface area (TPSA) is 20.2 Å². The second-order valence-electron chi connectivity index (χ2n) is 4.19. The highest BCUT2D eigenvalue weighted by Crippen LogP contribution is 2.47. The van der Waals surface area contributed by atoms with E-state index < -0.39 is 0 Å². The number of hydrogen-bond donors (Lipinski definition) is 1. The predicted octanol–water partition coefficient (Wildman–Crippen LogP) is 3.52. The molecule has 0 bridgehead atoms. The van der Waals surface area contributed by atoms with Gasteiger partial charge in [-0.3, -0.25) is 0 Å². The van der Waals surface area contributed by atoms with Crippen molar-refractivity contribution in [2.45, 2.75) is 30.8 Å². The molecule has 1 atom stereocenters. The summed E-state index contributed by atoms with van der Waals surface area (Å²) in [5, 5.41) is 11.5. The van der Waals surface area contributed by atoms with Crippen LogP contribution in [0.3, 0.4) is 0 Å². The molecular formula is C12H14BrClO. The highest BCUT2D eigenvalue weighted by molar-refractivity contribution is 9.09. The van der Waals surface area contributed by atoms with E-state index in [2.05, 4.69) is 15.9 Å². The van der Waals surface area contributed by atoms with Crippen molar-refractivity contribution in [1.82, 2.24) is 0 Å². The highest BCUT2D eigenvalue weighted by Gasteiger charge is 2.44. The van der Waals surface area contributed by atoms with Gasteiger partial charge in [-0.1, -0.05) is 46.1 Å². The van der Waals surface area contributed by atoms with Crippen molar-refractivity contribution >= 4 is 27.5 Å². The summed E-state index contributed by atoms with van der Waals surface area (Å²) >= 11 is 9.23. The summed E-state index contributed by atoms with van der Waals surface area (Å²) in [7, 11) is 0. The highest BCUT2D eigenvalue weighted by atomic mass is 79.9. The molecule has 82 valence electrons. The number of aliphatic hydroxyl groups is 1. The summed E-state index contributed by atoms with van der Waals surface area (Å²) in [5.74, 6) is 0. The lowest BCUT2D eigenvalue weighted by molar-refractivity contribution is 0.0463. The van der Waals surface area contributed by atoms with E-state index in [-0.39, 0.29) is 11.5 Å². The first-order chi connectivity index (χ1) is 7.19. The van der Waals surface area contributed by atoms with Crippen molar-refractivity contribution in [2.75, 3.05) is 5.33 Å². The van der Waals surface area contributed by atoms with Crippen LogP contribution in [0.1, 0.15) is 24.8 Å². The summed E-state index contributed by atoms with van der Waals surface area (Å²) in [6.45, 7) is 0. The molecule has 0 aromatic heterocycles. The minimum absolute atomic E-state index is 0.0336. The van der Waals surface area contributed by atoms with E-state index >= 15 is 0 Å². The molecule has 0 saturated heterocycles. The second kappa shape index (κ2) is 4.44. The van der Waals surface area contributed by atoms with E-state index in [1.54, 1.807) is 0 Å². The van der Waals surface area contributed by atoms with E-state index in [4.69, 9.17) is 11.6 Å². The Kier molecular flexibility index (Phi) is 3.39. The van der Waals surface area contributed by atoms with E-state index in [0.717, 1.165) is 17.9 Å². The summed E-state index contributed by atoms with van der Waals surface area (Å²) < 4.78 is 0. The summed E-state index contributed by atoms with van der Waals surface area (Å²) in [4.78, 5) is 0. The maximum Gasteiger partial charge on any atom is 0.0733 e. The summed E-state index contributed by atoms with van der Waals surface area (Å²) in [5.41, 5.74) is 1.18. The maximum atomic E-state index is 10.1. The number of alkyl halides is 1. The van der Waals surface area contributed by atoms with Gasteiger partial charge in [-0.15, -0.1) is 0 Å². The SMILES string of the molecule is OC(CBr)C1(c2ccc(Cl)cc2)CCC1. The molecule has 1 nitrogen and oxygen atoms in total. The Balaban J connectivity index is 2.30. The van der Waals surface area contributed by atoms with Gasteiger partial charge in [0.2, 0.25) is 0 Å². The van der Waals surface area contributed by atoms with Crippen LogP contribution < -0.4 is 0 Å². The normalized spacial score (nSPS) is 20.7. The fourth-order valence-electron chi connectivity index (χ4n) is 2.30. The van der Waals surface area contributed by atoms with Crippen LogP contribution in [-0.2, 0) is 5.41 Å². The molecule has 0 spiro atoms. The lowest BCUT2D eigenvalue weighted by Gasteiger charge is -2.45. The average molecular weight is 290 g/mol. The van der Waals surface area contributed by atoms with Crippen molar-refractivity contribution in [3.8, 4) is 0 Å². The van der Waals surface area contributed by atoms with Crippen LogP contribution in [0, 0.1) is 0 Å². The van der Waals surface area contributed by atoms with Crippen LogP contribution in [0.4, 0.5) is 0 Å². The number of benzene rings is 1. The van der Waals surface area contributed by atoms with Crippen LogP contribution in [-0.4, -0.2) is 16.5 Å². The van der Waals surface area contributed by atoms with Gasteiger partial charge in [0.1, 0.15) is 0 Å². The van der Waals surface area contributed by atoms with Gasteiger partial charge in [-0.2, -0.15) is 0 Å². The van der Waals surface area contributed by atoms with Gasteiger partial charge >= 0.3 is 0 Å². The van der Waals surface area contributed by atoms with Gasteiger partial charge in [0.25, 0.3) is 0 Å². The van der Waals surface area contributed by atoms with Crippen molar-refractivity contribution < 1.29 is 5.11 Å². The summed E-state index contributed by atoms with van der Waals surface area (Å²) in [6.07, 6.45) is 3.04. The molecule has 3 heteroatoms. The fourth-order valence-corrected chi connectivity index (χ4v) is 3.05. The largest absolute Gasteiger partial charge is 0.391 e. The van der Waals surface area contributed by atoms with Crippen LogP contribution in [0.15, 0.2) is 24.3 Å². The third-order valence-corrected chi connectivity index (χ3v) is 4.31. The molecule has 1 unspecified atom stereocenters. The molecule has 0 heterocycles. The third-order valence-electron chi connectivity index (χ3n) is 3.45. The van der Waals surface area contributed by atoms with Gasteiger partial charge in [-0.05, 0) is 30.5 Å². The molecule has 1 N–H and O–H groups in total.